The number of aliphatic carboxylic acids is 1. The maximum absolute atomic E-state index is 11.5. The van der Waals surface area contributed by atoms with Crippen LogP contribution in [0.4, 0.5) is 0 Å². The Labute approximate surface area is 170 Å². The van der Waals surface area contributed by atoms with E-state index in [1.54, 1.807) is 6.08 Å². The van der Waals surface area contributed by atoms with E-state index in [4.69, 9.17) is 27.9 Å². The summed E-state index contributed by atoms with van der Waals surface area (Å²) in [6, 6.07) is 0. The lowest BCUT2D eigenvalue weighted by Crippen LogP contribution is -2.45. The van der Waals surface area contributed by atoms with E-state index in [-0.39, 0.29) is 22.6 Å². The molecule has 0 radical (unpaired) electrons. The van der Waals surface area contributed by atoms with Crippen molar-refractivity contribution in [2.45, 2.75) is 70.8 Å². The minimum atomic E-state index is -0.924. The van der Waals surface area contributed by atoms with Crippen molar-refractivity contribution in [1.29, 1.82) is 0 Å². The van der Waals surface area contributed by atoms with Gasteiger partial charge in [-0.2, -0.15) is 0 Å². The first-order valence-corrected chi connectivity index (χ1v) is 10.3. The molecule has 0 aromatic heterocycles. The van der Waals surface area contributed by atoms with Gasteiger partial charge in [0.05, 0.1) is 10.0 Å². The molecule has 148 valence electrons. The van der Waals surface area contributed by atoms with E-state index < -0.39 is 11.6 Å². The van der Waals surface area contributed by atoms with E-state index in [0.29, 0.717) is 46.7 Å². The predicted molar refractivity (Wildman–Crippen MR) is 107 cm³/mol. The highest BCUT2D eigenvalue weighted by molar-refractivity contribution is 6.38. The Morgan fingerprint density at radius 2 is 2.00 bits per heavy atom. The Morgan fingerprint density at radius 1 is 1.30 bits per heavy atom. The largest absolute Gasteiger partial charge is 0.506 e. The summed E-state index contributed by atoms with van der Waals surface area (Å²) in [6.07, 6.45) is 6.60. The summed E-state index contributed by atoms with van der Waals surface area (Å²) in [5.74, 6) is -0.761. The Kier molecular flexibility index (Phi) is 5.69. The minimum absolute atomic E-state index is 0.0315. The highest BCUT2D eigenvalue weighted by Gasteiger charge is 2.47. The summed E-state index contributed by atoms with van der Waals surface area (Å²) in [5, 5.41) is 21.0. The summed E-state index contributed by atoms with van der Waals surface area (Å²) in [5.41, 5.74) is 1.06. The van der Waals surface area contributed by atoms with Crippen LogP contribution in [0, 0.1) is 5.92 Å². The molecule has 1 aliphatic carbocycles. The smallest absolute Gasteiger partial charge is 0.331 e. The van der Waals surface area contributed by atoms with Crippen molar-refractivity contribution in [3.63, 3.8) is 0 Å². The number of allylic oxidation sites excluding steroid dienone is 1. The third-order valence-electron chi connectivity index (χ3n) is 5.87. The average molecular weight is 413 g/mol. The van der Waals surface area contributed by atoms with Gasteiger partial charge in [0.15, 0.2) is 0 Å². The van der Waals surface area contributed by atoms with Crippen LogP contribution in [0.3, 0.4) is 0 Å². The zero-order chi connectivity index (χ0) is 19.9. The number of phenolic OH excluding ortho intramolecular Hbond substituents is 1. The van der Waals surface area contributed by atoms with Gasteiger partial charge in [0, 0.05) is 23.0 Å². The number of benzene rings is 1. The first-order valence-electron chi connectivity index (χ1n) is 9.54. The Morgan fingerprint density at radius 3 is 2.63 bits per heavy atom. The highest BCUT2D eigenvalue weighted by atomic mass is 35.5. The second-order valence-electron chi connectivity index (χ2n) is 8.03. The number of halogens is 2. The van der Waals surface area contributed by atoms with Crippen LogP contribution in [0.2, 0.25) is 10.0 Å². The molecule has 1 heterocycles. The van der Waals surface area contributed by atoms with E-state index in [2.05, 4.69) is 6.92 Å². The Bertz CT molecular complexity index is 798. The quantitative estimate of drug-likeness (QED) is 0.572. The molecule has 3 rings (SSSR count). The third-order valence-corrected chi connectivity index (χ3v) is 6.68. The van der Waals surface area contributed by atoms with Gasteiger partial charge >= 0.3 is 5.97 Å². The van der Waals surface area contributed by atoms with Crippen LogP contribution >= 0.6 is 23.2 Å². The molecule has 27 heavy (non-hydrogen) atoms. The average Bonchev–Trinajstić information content (AvgIpc) is 2.62. The number of carbonyl (C=O) groups is 1. The summed E-state index contributed by atoms with van der Waals surface area (Å²) in [6.45, 7) is 6.10. The van der Waals surface area contributed by atoms with Crippen molar-refractivity contribution in [3.8, 4) is 11.5 Å². The fourth-order valence-corrected chi connectivity index (χ4v) is 5.06. The SMILES string of the molecule is CCCCCc1c(Cl)c(O)c2c(c1Cl)OC(C)(C)C1CCC(C(=O)O)=CC21. The molecule has 6 heteroatoms. The summed E-state index contributed by atoms with van der Waals surface area (Å²) in [4.78, 5) is 11.5. The van der Waals surface area contributed by atoms with Crippen LogP contribution in [0.25, 0.3) is 0 Å². The van der Waals surface area contributed by atoms with Crippen molar-refractivity contribution >= 4 is 29.2 Å². The fourth-order valence-electron chi connectivity index (χ4n) is 4.39. The van der Waals surface area contributed by atoms with Crippen LogP contribution in [0.5, 0.6) is 11.5 Å². The number of ether oxygens (including phenoxy) is 1. The number of carboxylic acid groups (broad SMARTS) is 1. The van der Waals surface area contributed by atoms with Gasteiger partial charge in [-0.15, -0.1) is 0 Å². The van der Waals surface area contributed by atoms with Crippen LogP contribution in [0.15, 0.2) is 11.6 Å². The molecule has 0 bridgehead atoms. The van der Waals surface area contributed by atoms with Gasteiger partial charge in [-0.05, 0) is 45.1 Å². The van der Waals surface area contributed by atoms with E-state index in [1.165, 1.54) is 0 Å². The second kappa shape index (κ2) is 7.56. The standard InChI is InChI=1S/C21H26Cl2O4/c1-4-5-6-7-12-16(22)18(24)15-13-10-11(20(25)26)8-9-14(13)21(2,3)27-19(15)17(12)23/h10,13-14,24H,4-9H2,1-3H3,(H,25,26). The summed E-state index contributed by atoms with van der Waals surface area (Å²) >= 11 is 13.2. The van der Waals surface area contributed by atoms with Gasteiger partial charge in [0.25, 0.3) is 0 Å². The van der Waals surface area contributed by atoms with Gasteiger partial charge < -0.3 is 14.9 Å². The van der Waals surface area contributed by atoms with Gasteiger partial charge in [-0.25, -0.2) is 4.79 Å². The Hall–Kier alpha value is -1.39. The number of carboxylic acids is 1. The molecule has 0 saturated carbocycles. The number of fused-ring (bicyclic) bond motifs is 3. The van der Waals surface area contributed by atoms with Crippen LogP contribution in [-0.2, 0) is 11.2 Å². The molecular weight excluding hydrogens is 387 g/mol. The molecule has 2 unspecified atom stereocenters. The van der Waals surface area contributed by atoms with Crippen molar-refractivity contribution < 1.29 is 19.7 Å². The predicted octanol–water partition coefficient (Wildman–Crippen LogP) is 6.11. The van der Waals surface area contributed by atoms with Gasteiger partial charge in [-0.1, -0.05) is 49.0 Å². The lowest BCUT2D eigenvalue weighted by molar-refractivity contribution is -0.133. The maximum atomic E-state index is 11.5. The topological polar surface area (TPSA) is 66.8 Å². The number of aromatic hydroxyl groups is 1. The molecule has 0 saturated heterocycles. The monoisotopic (exact) mass is 412 g/mol. The molecular formula is C21H26Cl2O4. The number of phenols is 1. The molecule has 2 N–H and O–H groups in total. The molecule has 0 amide bonds. The van der Waals surface area contributed by atoms with E-state index >= 15 is 0 Å². The number of hydrogen-bond acceptors (Lipinski definition) is 3. The van der Waals surface area contributed by atoms with Crippen molar-refractivity contribution in [2.75, 3.05) is 0 Å². The van der Waals surface area contributed by atoms with Crippen molar-refractivity contribution in [3.05, 3.63) is 32.8 Å². The second-order valence-corrected chi connectivity index (χ2v) is 8.78. The van der Waals surface area contributed by atoms with Crippen LogP contribution in [0.1, 0.15) is 69.9 Å². The van der Waals surface area contributed by atoms with E-state index in [0.717, 1.165) is 19.3 Å². The Balaban J connectivity index is 2.16. The molecule has 2 atom stereocenters. The van der Waals surface area contributed by atoms with Crippen molar-refractivity contribution in [1.82, 2.24) is 0 Å². The number of unbranched alkanes of at least 4 members (excludes halogenated alkanes) is 2. The van der Waals surface area contributed by atoms with Crippen LogP contribution in [-0.4, -0.2) is 21.8 Å². The molecule has 1 aliphatic heterocycles. The third kappa shape index (κ3) is 3.54. The minimum Gasteiger partial charge on any atom is -0.506 e. The molecule has 1 aromatic carbocycles. The summed E-state index contributed by atoms with van der Waals surface area (Å²) in [7, 11) is 0. The molecule has 1 aromatic rings. The zero-order valence-electron chi connectivity index (χ0n) is 15.9. The maximum Gasteiger partial charge on any atom is 0.331 e. The molecule has 0 spiro atoms. The fraction of sp³-hybridized carbons (Fsp3) is 0.571. The molecule has 0 fully saturated rings. The van der Waals surface area contributed by atoms with Gasteiger partial charge in [0.1, 0.15) is 17.1 Å². The van der Waals surface area contributed by atoms with Gasteiger partial charge in [-0.3, -0.25) is 0 Å². The van der Waals surface area contributed by atoms with Crippen LogP contribution < -0.4 is 4.74 Å². The molecule has 4 nitrogen and oxygen atoms in total. The van der Waals surface area contributed by atoms with Crippen molar-refractivity contribution in [2.24, 2.45) is 5.92 Å². The number of hydrogen-bond donors (Lipinski definition) is 2. The van der Waals surface area contributed by atoms with Gasteiger partial charge in [0.2, 0.25) is 0 Å². The lowest BCUT2D eigenvalue weighted by Gasteiger charge is -2.46. The highest BCUT2D eigenvalue weighted by Crippen LogP contribution is 2.58. The first kappa shape index (κ1) is 20.3. The normalized spacial score (nSPS) is 23.1. The van der Waals surface area contributed by atoms with E-state index in [1.807, 2.05) is 13.8 Å². The first-order chi connectivity index (χ1) is 12.7. The molecule has 2 aliphatic rings. The van der Waals surface area contributed by atoms with E-state index in [9.17, 15) is 15.0 Å². The lowest BCUT2D eigenvalue weighted by atomic mass is 9.67. The zero-order valence-corrected chi connectivity index (χ0v) is 17.5. The summed E-state index contributed by atoms with van der Waals surface area (Å²) < 4.78 is 6.27. The number of rotatable bonds is 5.